The lowest BCUT2D eigenvalue weighted by Gasteiger charge is -2.19. The molecule has 3 aromatic rings. The summed E-state index contributed by atoms with van der Waals surface area (Å²) in [6.07, 6.45) is 2.38. The van der Waals surface area contributed by atoms with Gasteiger partial charge in [0.25, 0.3) is 0 Å². The van der Waals surface area contributed by atoms with Gasteiger partial charge in [0.2, 0.25) is 5.78 Å². The van der Waals surface area contributed by atoms with E-state index in [0.29, 0.717) is 17.7 Å². The molecule has 0 aliphatic heterocycles. The molecule has 118 valence electrons. The number of carbonyl (C=O) groups is 2. The van der Waals surface area contributed by atoms with Crippen molar-refractivity contribution >= 4 is 33.3 Å². The molecule has 0 fully saturated rings. The molecule has 0 spiro atoms. The van der Waals surface area contributed by atoms with Crippen LogP contribution in [0.4, 0.5) is 0 Å². The van der Waals surface area contributed by atoms with Gasteiger partial charge >= 0.3 is 5.97 Å². The third kappa shape index (κ3) is 2.24. The van der Waals surface area contributed by atoms with Crippen molar-refractivity contribution in [3.05, 3.63) is 71.4 Å². The number of benzene rings is 3. The largest absolute Gasteiger partial charge is 0.344 e. The van der Waals surface area contributed by atoms with E-state index in [2.05, 4.69) is 29.7 Å². The van der Waals surface area contributed by atoms with Crippen LogP contribution in [0.2, 0.25) is 0 Å². The first-order valence-electron chi connectivity index (χ1n) is 7.77. The number of fused-ring (bicyclic) bond motifs is 5. The summed E-state index contributed by atoms with van der Waals surface area (Å²) in [7, 11) is 0. The summed E-state index contributed by atoms with van der Waals surface area (Å²) < 4.78 is 0. The van der Waals surface area contributed by atoms with Crippen molar-refractivity contribution in [2.45, 2.75) is 13.3 Å². The van der Waals surface area contributed by atoms with Crippen molar-refractivity contribution in [1.29, 1.82) is 0 Å². The number of ketones is 1. The number of carbonyl (C=O) groups excluding carboxylic acids is 2. The van der Waals surface area contributed by atoms with E-state index in [0.717, 1.165) is 16.3 Å². The standard InChI is InChI=1S/C20H15NO3/c1-12(22)24-21-19-11-10-17-16-7-6-13-4-2-3-5-14(13)15(16)8-9-18(17)20(19)23/h2-9,11,21H,10H2,1H3. The maximum Gasteiger partial charge on any atom is 0.329 e. The molecule has 0 aromatic heterocycles. The number of rotatable bonds is 2. The fourth-order valence-corrected chi connectivity index (χ4v) is 3.24. The van der Waals surface area contributed by atoms with Crippen molar-refractivity contribution < 1.29 is 14.4 Å². The third-order valence-corrected chi connectivity index (χ3v) is 4.34. The molecule has 1 aliphatic rings. The van der Waals surface area contributed by atoms with Gasteiger partial charge in [-0.1, -0.05) is 48.5 Å². The Bertz CT molecular complexity index is 1030. The number of nitrogens with one attached hydrogen (secondary N) is 1. The topological polar surface area (TPSA) is 55.4 Å². The van der Waals surface area contributed by atoms with Crippen molar-refractivity contribution in [3.63, 3.8) is 0 Å². The zero-order chi connectivity index (χ0) is 16.7. The normalized spacial score (nSPS) is 13.5. The van der Waals surface area contributed by atoms with E-state index in [1.807, 2.05) is 24.3 Å². The van der Waals surface area contributed by atoms with E-state index in [1.165, 1.54) is 17.7 Å². The Morgan fingerprint density at radius 1 is 1.00 bits per heavy atom. The van der Waals surface area contributed by atoms with Crippen LogP contribution in [0.1, 0.15) is 22.8 Å². The van der Waals surface area contributed by atoms with Crippen LogP contribution in [0.25, 0.3) is 21.5 Å². The average Bonchev–Trinajstić information content (AvgIpc) is 2.60. The Kier molecular flexibility index (Phi) is 3.31. The van der Waals surface area contributed by atoms with Crippen molar-refractivity contribution in [1.82, 2.24) is 5.48 Å². The number of allylic oxidation sites excluding steroid dienone is 2. The van der Waals surface area contributed by atoms with E-state index in [9.17, 15) is 9.59 Å². The van der Waals surface area contributed by atoms with Crippen LogP contribution in [-0.4, -0.2) is 11.8 Å². The van der Waals surface area contributed by atoms with Crippen LogP contribution >= 0.6 is 0 Å². The molecule has 4 nitrogen and oxygen atoms in total. The molecular weight excluding hydrogens is 302 g/mol. The fraction of sp³-hybridized carbons (Fsp3) is 0.100. The number of hydrogen-bond acceptors (Lipinski definition) is 4. The Balaban J connectivity index is 1.84. The Hall–Kier alpha value is -3.14. The summed E-state index contributed by atoms with van der Waals surface area (Å²) in [6.45, 7) is 1.29. The molecule has 0 bridgehead atoms. The van der Waals surface area contributed by atoms with E-state index in [1.54, 1.807) is 6.08 Å². The maximum atomic E-state index is 12.6. The highest BCUT2D eigenvalue weighted by Crippen LogP contribution is 2.32. The minimum atomic E-state index is -0.487. The summed E-state index contributed by atoms with van der Waals surface area (Å²) in [5.74, 6) is -0.646. The first-order chi connectivity index (χ1) is 11.6. The molecule has 4 rings (SSSR count). The van der Waals surface area contributed by atoms with E-state index in [4.69, 9.17) is 4.84 Å². The third-order valence-electron chi connectivity index (χ3n) is 4.34. The van der Waals surface area contributed by atoms with Crippen LogP contribution in [0.15, 0.2) is 60.3 Å². The lowest BCUT2D eigenvalue weighted by Crippen LogP contribution is -2.26. The molecule has 0 atom stereocenters. The van der Waals surface area contributed by atoms with Crippen molar-refractivity contribution in [2.75, 3.05) is 0 Å². The molecule has 0 unspecified atom stereocenters. The van der Waals surface area contributed by atoms with Gasteiger partial charge in [-0.3, -0.25) is 9.59 Å². The van der Waals surface area contributed by atoms with Gasteiger partial charge in [-0.2, -0.15) is 0 Å². The zero-order valence-corrected chi connectivity index (χ0v) is 13.1. The SMILES string of the molecule is CC(=O)ONC1=CCc2c(ccc3c2ccc2ccccc23)C1=O. The molecule has 0 saturated heterocycles. The summed E-state index contributed by atoms with van der Waals surface area (Å²) in [6, 6.07) is 16.2. The Labute approximate surface area is 138 Å². The average molecular weight is 317 g/mol. The summed E-state index contributed by atoms with van der Waals surface area (Å²) in [5.41, 5.74) is 4.41. The first kappa shape index (κ1) is 14.5. The molecule has 0 radical (unpaired) electrons. The highest BCUT2D eigenvalue weighted by molar-refractivity contribution is 6.16. The summed E-state index contributed by atoms with van der Waals surface area (Å²) >= 11 is 0. The lowest BCUT2D eigenvalue weighted by atomic mass is 9.88. The van der Waals surface area contributed by atoms with Gasteiger partial charge in [-0.15, -0.1) is 0 Å². The molecule has 0 saturated carbocycles. The first-order valence-corrected chi connectivity index (χ1v) is 7.77. The van der Waals surface area contributed by atoms with Crippen LogP contribution < -0.4 is 5.48 Å². The number of hydroxylamine groups is 1. The van der Waals surface area contributed by atoms with Gasteiger partial charge in [0, 0.05) is 12.5 Å². The highest BCUT2D eigenvalue weighted by Gasteiger charge is 2.23. The predicted octanol–water partition coefficient (Wildman–Crippen LogP) is 3.68. The Morgan fingerprint density at radius 3 is 2.62 bits per heavy atom. The van der Waals surface area contributed by atoms with Gasteiger partial charge in [0.15, 0.2) is 0 Å². The second-order valence-electron chi connectivity index (χ2n) is 5.82. The van der Waals surface area contributed by atoms with Gasteiger partial charge < -0.3 is 4.84 Å². The second-order valence-corrected chi connectivity index (χ2v) is 5.82. The minimum absolute atomic E-state index is 0.160. The molecule has 0 heterocycles. The maximum absolute atomic E-state index is 12.6. The van der Waals surface area contributed by atoms with Crippen LogP contribution in [0.5, 0.6) is 0 Å². The van der Waals surface area contributed by atoms with E-state index < -0.39 is 5.97 Å². The molecule has 3 aromatic carbocycles. The van der Waals surface area contributed by atoms with Crippen molar-refractivity contribution in [3.8, 4) is 0 Å². The second kappa shape index (κ2) is 5.49. The Morgan fingerprint density at radius 2 is 1.79 bits per heavy atom. The molecule has 4 heteroatoms. The quantitative estimate of drug-likeness (QED) is 0.578. The molecule has 0 amide bonds. The van der Waals surface area contributed by atoms with Crippen LogP contribution in [0.3, 0.4) is 0 Å². The fourth-order valence-electron chi connectivity index (χ4n) is 3.24. The van der Waals surface area contributed by atoms with Gasteiger partial charge in [0.05, 0.1) is 0 Å². The smallest absolute Gasteiger partial charge is 0.329 e. The number of hydrogen-bond donors (Lipinski definition) is 1. The van der Waals surface area contributed by atoms with Crippen LogP contribution in [0, 0.1) is 0 Å². The van der Waals surface area contributed by atoms with Gasteiger partial charge in [0.1, 0.15) is 5.70 Å². The molecule has 24 heavy (non-hydrogen) atoms. The monoisotopic (exact) mass is 317 g/mol. The molecular formula is C20H15NO3. The zero-order valence-electron chi connectivity index (χ0n) is 13.1. The van der Waals surface area contributed by atoms with Crippen LogP contribution in [-0.2, 0) is 16.1 Å². The van der Waals surface area contributed by atoms with Gasteiger partial charge in [-0.05, 0) is 39.6 Å². The minimum Gasteiger partial charge on any atom is -0.344 e. The summed E-state index contributed by atoms with van der Waals surface area (Å²) in [5, 5.41) is 4.59. The van der Waals surface area contributed by atoms with Crippen molar-refractivity contribution in [2.24, 2.45) is 0 Å². The number of Topliss-reactive ketones (excluding diaryl/α,β-unsaturated/α-hetero) is 1. The molecule has 1 aliphatic carbocycles. The predicted molar refractivity (Wildman–Crippen MR) is 92.5 cm³/mol. The van der Waals surface area contributed by atoms with Gasteiger partial charge in [-0.25, -0.2) is 5.48 Å². The molecule has 1 N–H and O–H groups in total. The summed E-state index contributed by atoms with van der Waals surface area (Å²) in [4.78, 5) is 28.3. The lowest BCUT2D eigenvalue weighted by molar-refractivity contribution is -0.146. The van der Waals surface area contributed by atoms with E-state index in [-0.39, 0.29) is 5.78 Å². The van der Waals surface area contributed by atoms with E-state index >= 15 is 0 Å². The highest BCUT2D eigenvalue weighted by atomic mass is 16.7.